The molecule has 62 heavy (non-hydrogen) atoms. The molecule has 0 spiro atoms. The molecule has 0 aliphatic carbocycles. The summed E-state index contributed by atoms with van der Waals surface area (Å²) in [4.78, 5) is 2.69. The molecule has 0 unspecified atom stereocenters. The van der Waals surface area contributed by atoms with Crippen LogP contribution in [0.3, 0.4) is 0 Å². The number of benzene rings is 8. The summed E-state index contributed by atoms with van der Waals surface area (Å²) in [7, 11) is 0. The summed E-state index contributed by atoms with van der Waals surface area (Å²) in [6.45, 7) is 13.8. The lowest BCUT2D eigenvalue weighted by Crippen LogP contribution is -2.60. The largest absolute Gasteiger partial charge is 0.456 e. The van der Waals surface area contributed by atoms with Crippen LogP contribution in [0.25, 0.3) is 101 Å². The van der Waals surface area contributed by atoms with Crippen LogP contribution in [-0.4, -0.2) is 11.4 Å². The Hall–Kier alpha value is -6.34. The quantitative estimate of drug-likeness (QED) is 0.154. The SMILES string of the molecule is CC(C)(C)c1ccc(N2B3c4cc5c(cc4-n4c6ccc(C(C)(C)C)cc6c6c7sc8ccccc8c7c(c3c64)-c3cc4oc6ccccc6c4cc32)sc2ccccc25)cc1. The minimum Gasteiger partial charge on any atom is -0.456 e. The van der Waals surface area contributed by atoms with E-state index in [4.69, 9.17) is 4.42 Å². The third kappa shape index (κ3) is 4.51. The number of para-hydroxylation sites is 1. The van der Waals surface area contributed by atoms with Crippen molar-refractivity contribution in [2.45, 2.75) is 52.4 Å². The van der Waals surface area contributed by atoms with Gasteiger partial charge in [-0.2, -0.15) is 0 Å². The maximum atomic E-state index is 6.77. The van der Waals surface area contributed by atoms with Crippen molar-refractivity contribution in [1.82, 2.24) is 4.57 Å². The molecule has 0 fully saturated rings. The topological polar surface area (TPSA) is 21.3 Å². The molecule has 2 aliphatic heterocycles. The second kappa shape index (κ2) is 11.8. The van der Waals surface area contributed by atoms with Gasteiger partial charge in [0.25, 0.3) is 0 Å². The smallest absolute Gasteiger partial charge is 0.333 e. The molecule has 8 aromatic carbocycles. The Bertz CT molecular complexity index is 3960. The zero-order valence-corrected chi connectivity index (χ0v) is 37.1. The van der Waals surface area contributed by atoms with Crippen molar-refractivity contribution in [2.75, 3.05) is 4.81 Å². The summed E-state index contributed by atoms with van der Waals surface area (Å²) in [6.07, 6.45) is 0. The van der Waals surface area contributed by atoms with Gasteiger partial charge in [-0.1, -0.05) is 120 Å². The van der Waals surface area contributed by atoms with E-state index >= 15 is 0 Å². The van der Waals surface area contributed by atoms with Crippen LogP contribution in [0.4, 0.5) is 11.4 Å². The van der Waals surface area contributed by atoms with E-state index < -0.39 is 0 Å². The number of anilines is 2. The van der Waals surface area contributed by atoms with Gasteiger partial charge >= 0.3 is 6.85 Å². The first-order chi connectivity index (χ1) is 30.0. The minimum atomic E-state index is -0.115. The number of hydrogen-bond donors (Lipinski definition) is 0. The van der Waals surface area contributed by atoms with Crippen molar-refractivity contribution >= 4 is 136 Å². The average molecular weight is 833 g/mol. The molecule has 296 valence electrons. The van der Waals surface area contributed by atoms with Crippen molar-refractivity contribution in [3.05, 3.63) is 151 Å². The van der Waals surface area contributed by atoms with Gasteiger partial charge in [0.1, 0.15) is 11.2 Å². The molecule has 3 nitrogen and oxygen atoms in total. The number of aromatic nitrogens is 1. The second-order valence-electron chi connectivity index (χ2n) is 19.7. The van der Waals surface area contributed by atoms with Crippen molar-refractivity contribution < 1.29 is 4.42 Å². The van der Waals surface area contributed by atoms with Crippen LogP contribution in [0, 0.1) is 0 Å². The number of fused-ring (bicyclic) bond motifs is 19. The monoisotopic (exact) mass is 832 g/mol. The van der Waals surface area contributed by atoms with Gasteiger partial charge in [-0.25, -0.2) is 0 Å². The van der Waals surface area contributed by atoms with E-state index in [9.17, 15) is 0 Å². The van der Waals surface area contributed by atoms with E-state index in [0.29, 0.717) is 0 Å². The third-order valence-corrected chi connectivity index (χ3v) is 16.4. The highest BCUT2D eigenvalue weighted by molar-refractivity contribution is 7.27. The number of furan rings is 1. The fraction of sp³-hybridized carbons (Fsp3) is 0.143. The molecular weight excluding hydrogens is 792 g/mol. The number of rotatable bonds is 1. The van der Waals surface area contributed by atoms with E-state index in [1.54, 1.807) is 0 Å². The summed E-state index contributed by atoms with van der Waals surface area (Å²) in [5.41, 5.74) is 16.0. The molecule has 0 bridgehead atoms. The van der Waals surface area contributed by atoms with Crippen LogP contribution in [0.1, 0.15) is 52.7 Å². The third-order valence-electron chi connectivity index (χ3n) is 14.1. The Morgan fingerprint density at radius 3 is 1.98 bits per heavy atom. The van der Waals surface area contributed by atoms with Crippen molar-refractivity contribution in [3.8, 4) is 16.8 Å². The zero-order chi connectivity index (χ0) is 41.6. The first-order valence-electron chi connectivity index (χ1n) is 21.8. The summed E-state index contributed by atoms with van der Waals surface area (Å²) in [6, 6.07) is 53.2. The van der Waals surface area contributed by atoms with Crippen LogP contribution in [0.15, 0.2) is 144 Å². The van der Waals surface area contributed by atoms with Gasteiger partial charge in [-0.05, 0) is 99.1 Å². The van der Waals surface area contributed by atoms with Gasteiger partial charge < -0.3 is 13.8 Å². The Balaban J connectivity index is 1.24. The minimum absolute atomic E-state index is 0.00707. The lowest BCUT2D eigenvalue weighted by atomic mass is 9.43. The van der Waals surface area contributed by atoms with Crippen LogP contribution >= 0.6 is 22.7 Å². The van der Waals surface area contributed by atoms with Crippen molar-refractivity contribution in [2.24, 2.45) is 0 Å². The molecule has 0 atom stereocenters. The molecule has 0 radical (unpaired) electrons. The summed E-state index contributed by atoms with van der Waals surface area (Å²) in [5.74, 6) is 0. The summed E-state index contributed by atoms with van der Waals surface area (Å²) >= 11 is 3.86. The van der Waals surface area contributed by atoms with Crippen molar-refractivity contribution in [1.29, 1.82) is 0 Å². The van der Waals surface area contributed by atoms with E-state index in [2.05, 4.69) is 190 Å². The first-order valence-corrected chi connectivity index (χ1v) is 23.4. The Labute approximate surface area is 367 Å². The van der Waals surface area contributed by atoms with Crippen molar-refractivity contribution in [3.63, 3.8) is 0 Å². The molecule has 0 N–H and O–H groups in total. The maximum Gasteiger partial charge on any atom is 0.333 e. The Kier molecular flexibility index (Phi) is 6.70. The second-order valence-corrected chi connectivity index (χ2v) is 21.8. The molecule has 14 rings (SSSR count). The highest BCUT2D eigenvalue weighted by Crippen LogP contribution is 2.54. The molecule has 0 amide bonds. The average Bonchev–Trinajstić information content (AvgIpc) is 4.02. The molecule has 6 heteroatoms. The fourth-order valence-electron chi connectivity index (χ4n) is 11.1. The van der Waals surface area contributed by atoms with E-state index in [1.165, 1.54) is 112 Å². The number of nitrogens with zero attached hydrogens (tertiary/aromatic N) is 2. The van der Waals surface area contributed by atoms with Gasteiger partial charge in [0.15, 0.2) is 0 Å². The van der Waals surface area contributed by atoms with E-state index in [0.717, 1.165) is 21.9 Å². The zero-order valence-electron chi connectivity index (χ0n) is 35.5. The lowest BCUT2D eigenvalue weighted by Gasteiger charge is -2.42. The summed E-state index contributed by atoms with van der Waals surface area (Å²) < 4.78 is 14.7. The normalized spacial score (nSPS) is 13.9. The number of hydrogen-bond acceptors (Lipinski definition) is 4. The molecule has 0 saturated carbocycles. The Morgan fingerprint density at radius 2 is 1.21 bits per heavy atom. The highest BCUT2D eigenvalue weighted by Gasteiger charge is 2.46. The number of thiophene rings is 2. The van der Waals surface area contributed by atoms with Crippen LogP contribution < -0.4 is 15.7 Å². The van der Waals surface area contributed by atoms with Gasteiger partial charge in [-0.15, -0.1) is 22.7 Å². The fourth-order valence-corrected chi connectivity index (χ4v) is 13.5. The molecule has 12 aromatic rings. The maximum absolute atomic E-state index is 6.77. The molecule has 6 heterocycles. The summed E-state index contributed by atoms with van der Waals surface area (Å²) in [5, 5.41) is 10.3. The standard InChI is InChI=1S/C56H41BN2OS2/c1-55(2,3)30-19-22-32(23-20-30)59-42-27-36-33-13-7-10-16-44(33)60-45(36)28-39(42)49-50-35-15-9-12-18-47(35)62-54(50)51-38-25-31(56(4,5)6)21-24-41(38)58-43-29-48-37(34-14-8-11-17-46(34)61-48)26-40(43)57(59)52(49)53(51)58/h7-29H,1-6H3. The Morgan fingerprint density at radius 1 is 0.516 bits per heavy atom. The molecule has 2 aliphatic rings. The van der Waals surface area contributed by atoms with Gasteiger partial charge in [0, 0.05) is 84.5 Å². The van der Waals surface area contributed by atoms with Crippen LogP contribution in [0.5, 0.6) is 0 Å². The lowest BCUT2D eigenvalue weighted by molar-refractivity contribution is 0.590. The highest BCUT2D eigenvalue weighted by atomic mass is 32.1. The van der Waals surface area contributed by atoms with Crippen LogP contribution in [-0.2, 0) is 10.8 Å². The predicted molar refractivity (Wildman–Crippen MR) is 270 cm³/mol. The first kappa shape index (κ1) is 35.3. The molecule has 0 saturated heterocycles. The van der Waals surface area contributed by atoms with Gasteiger partial charge in [0.05, 0.1) is 11.0 Å². The molecule has 4 aromatic heterocycles. The molecular formula is C56H41BN2OS2. The van der Waals surface area contributed by atoms with E-state index in [-0.39, 0.29) is 17.7 Å². The predicted octanol–water partition coefficient (Wildman–Crippen LogP) is 15.3. The van der Waals surface area contributed by atoms with Gasteiger partial charge in [-0.3, -0.25) is 0 Å². The van der Waals surface area contributed by atoms with E-state index in [1.807, 2.05) is 22.7 Å². The van der Waals surface area contributed by atoms with Gasteiger partial charge in [0.2, 0.25) is 0 Å². The van der Waals surface area contributed by atoms with Crippen LogP contribution in [0.2, 0.25) is 0 Å².